The largest absolute Gasteiger partial charge is 0.359 e. The van der Waals surface area contributed by atoms with E-state index in [0.29, 0.717) is 28.3 Å². The molecule has 0 fully saturated rings. The van der Waals surface area contributed by atoms with Gasteiger partial charge in [0.15, 0.2) is 5.76 Å². The van der Waals surface area contributed by atoms with E-state index in [4.69, 9.17) is 9.66 Å². The van der Waals surface area contributed by atoms with Gasteiger partial charge in [0, 0.05) is 16.0 Å². The lowest BCUT2D eigenvalue weighted by molar-refractivity contribution is 0.397. The third-order valence-corrected chi connectivity index (χ3v) is 6.37. The standard InChI is InChI=1S/C22H18N2O3S2/c23-29(25,26)20-14-8-7-13-18(20)21-19(15-28-17-11-5-2-6-12-17)27-24-22(21)16-9-3-1-4-10-16/h1-14H,15H2,(H2,23,25,26). The number of nitrogens with zero attached hydrogens (tertiary/aromatic N) is 1. The Hall–Kier alpha value is -2.87. The molecule has 146 valence electrons. The summed E-state index contributed by atoms with van der Waals surface area (Å²) >= 11 is 1.59. The van der Waals surface area contributed by atoms with E-state index < -0.39 is 10.0 Å². The molecule has 0 aliphatic rings. The Morgan fingerprint density at radius 2 is 1.48 bits per heavy atom. The van der Waals surface area contributed by atoms with E-state index in [9.17, 15) is 8.42 Å². The van der Waals surface area contributed by atoms with Crippen molar-refractivity contribution in [2.45, 2.75) is 15.5 Å². The second-order valence-electron chi connectivity index (χ2n) is 6.34. The predicted molar refractivity (Wildman–Crippen MR) is 115 cm³/mol. The summed E-state index contributed by atoms with van der Waals surface area (Å²) in [6.45, 7) is 0. The summed E-state index contributed by atoms with van der Waals surface area (Å²) in [6.07, 6.45) is 0. The van der Waals surface area contributed by atoms with Gasteiger partial charge in [0.2, 0.25) is 10.0 Å². The molecule has 0 aliphatic carbocycles. The van der Waals surface area contributed by atoms with E-state index in [-0.39, 0.29) is 4.90 Å². The van der Waals surface area contributed by atoms with Gasteiger partial charge in [0.05, 0.1) is 16.2 Å². The monoisotopic (exact) mass is 422 g/mol. The molecule has 0 spiro atoms. The topological polar surface area (TPSA) is 86.2 Å². The van der Waals surface area contributed by atoms with Gasteiger partial charge < -0.3 is 4.52 Å². The SMILES string of the molecule is NS(=O)(=O)c1ccccc1-c1c(-c2ccccc2)noc1CSc1ccccc1. The number of aromatic nitrogens is 1. The predicted octanol–water partition coefficient (Wildman–Crippen LogP) is 4.95. The van der Waals surface area contributed by atoms with E-state index in [1.807, 2.05) is 60.7 Å². The van der Waals surface area contributed by atoms with Gasteiger partial charge in [-0.1, -0.05) is 71.9 Å². The first kappa shape index (κ1) is 19.4. The molecule has 0 unspecified atom stereocenters. The minimum atomic E-state index is -3.92. The van der Waals surface area contributed by atoms with E-state index in [0.717, 1.165) is 10.5 Å². The number of primary sulfonamides is 1. The van der Waals surface area contributed by atoms with Gasteiger partial charge in [0.25, 0.3) is 0 Å². The first-order chi connectivity index (χ1) is 14.0. The van der Waals surface area contributed by atoms with Crippen molar-refractivity contribution in [2.24, 2.45) is 5.14 Å². The Morgan fingerprint density at radius 3 is 2.17 bits per heavy atom. The summed E-state index contributed by atoms with van der Waals surface area (Å²) in [5.74, 6) is 1.09. The maximum absolute atomic E-state index is 12.2. The van der Waals surface area contributed by atoms with Crippen molar-refractivity contribution in [1.29, 1.82) is 0 Å². The van der Waals surface area contributed by atoms with Crippen LogP contribution in [0.4, 0.5) is 0 Å². The summed E-state index contributed by atoms with van der Waals surface area (Å²) in [4.78, 5) is 1.13. The van der Waals surface area contributed by atoms with Crippen LogP contribution in [0, 0.1) is 0 Å². The van der Waals surface area contributed by atoms with E-state index in [1.54, 1.807) is 30.0 Å². The van der Waals surface area contributed by atoms with Gasteiger partial charge >= 0.3 is 0 Å². The minimum absolute atomic E-state index is 0.0475. The van der Waals surface area contributed by atoms with Crippen LogP contribution < -0.4 is 5.14 Å². The van der Waals surface area contributed by atoms with Crippen molar-refractivity contribution >= 4 is 21.8 Å². The van der Waals surface area contributed by atoms with E-state index in [1.165, 1.54) is 6.07 Å². The van der Waals surface area contributed by atoms with Crippen LogP contribution in [-0.4, -0.2) is 13.6 Å². The molecule has 0 saturated carbocycles. The van der Waals surface area contributed by atoms with Crippen molar-refractivity contribution in [2.75, 3.05) is 0 Å². The average Bonchev–Trinajstić information content (AvgIpc) is 3.17. The lowest BCUT2D eigenvalue weighted by atomic mass is 9.99. The van der Waals surface area contributed by atoms with Gasteiger partial charge in [-0.15, -0.1) is 11.8 Å². The summed E-state index contributed by atoms with van der Waals surface area (Å²) in [7, 11) is -3.92. The van der Waals surface area contributed by atoms with E-state index in [2.05, 4.69) is 5.16 Å². The fourth-order valence-electron chi connectivity index (χ4n) is 3.08. The maximum Gasteiger partial charge on any atom is 0.238 e. The first-order valence-corrected chi connectivity index (χ1v) is 11.4. The number of sulfonamides is 1. The highest BCUT2D eigenvalue weighted by atomic mass is 32.2. The highest BCUT2D eigenvalue weighted by Gasteiger charge is 2.24. The second kappa shape index (κ2) is 8.24. The number of thioether (sulfide) groups is 1. The molecule has 2 N–H and O–H groups in total. The molecule has 5 nitrogen and oxygen atoms in total. The third kappa shape index (κ3) is 4.27. The fraction of sp³-hybridized carbons (Fsp3) is 0.0455. The molecule has 3 aromatic carbocycles. The maximum atomic E-state index is 12.2. The van der Waals surface area contributed by atoms with Crippen LogP contribution >= 0.6 is 11.8 Å². The molecule has 0 aliphatic heterocycles. The summed E-state index contributed by atoms with van der Waals surface area (Å²) in [5.41, 5.74) is 2.56. The van der Waals surface area contributed by atoms with Crippen LogP contribution in [-0.2, 0) is 15.8 Å². The van der Waals surface area contributed by atoms with Crippen molar-refractivity contribution in [3.05, 3.63) is 90.7 Å². The minimum Gasteiger partial charge on any atom is -0.359 e. The molecular weight excluding hydrogens is 404 g/mol. The second-order valence-corrected chi connectivity index (χ2v) is 8.92. The molecule has 0 bridgehead atoms. The number of benzene rings is 3. The zero-order valence-electron chi connectivity index (χ0n) is 15.4. The molecule has 1 heterocycles. The highest BCUT2D eigenvalue weighted by molar-refractivity contribution is 7.98. The Bertz CT molecular complexity index is 1220. The van der Waals surface area contributed by atoms with Crippen LogP contribution in [0.15, 0.2) is 99.2 Å². The van der Waals surface area contributed by atoms with Crippen molar-refractivity contribution in [3.8, 4) is 22.4 Å². The summed E-state index contributed by atoms with van der Waals surface area (Å²) < 4.78 is 30.1. The molecule has 4 rings (SSSR count). The van der Waals surface area contributed by atoms with Gasteiger partial charge in [-0.2, -0.15) is 0 Å². The zero-order chi connectivity index (χ0) is 20.3. The molecule has 0 amide bonds. The molecule has 0 saturated heterocycles. The number of nitrogens with two attached hydrogens (primary N) is 1. The van der Waals surface area contributed by atoms with Gasteiger partial charge in [-0.25, -0.2) is 13.6 Å². The van der Waals surface area contributed by atoms with Gasteiger partial charge in [0.1, 0.15) is 5.69 Å². The lowest BCUT2D eigenvalue weighted by Crippen LogP contribution is -2.13. The van der Waals surface area contributed by atoms with Crippen LogP contribution in [0.1, 0.15) is 5.76 Å². The van der Waals surface area contributed by atoms with Crippen LogP contribution in [0.5, 0.6) is 0 Å². The van der Waals surface area contributed by atoms with Gasteiger partial charge in [-0.05, 0) is 18.2 Å². The van der Waals surface area contributed by atoms with Crippen molar-refractivity contribution in [3.63, 3.8) is 0 Å². The van der Waals surface area contributed by atoms with Crippen molar-refractivity contribution < 1.29 is 12.9 Å². The summed E-state index contributed by atoms with van der Waals surface area (Å²) in [5, 5.41) is 9.76. The molecule has 4 aromatic rings. The number of rotatable bonds is 6. The molecule has 29 heavy (non-hydrogen) atoms. The van der Waals surface area contributed by atoms with Crippen molar-refractivity contribution in [1.82, 2.24) is 5.16 Å². The summed E-state index contributed by atoms with van der Waals surface area (Å²) in [6, 6.07) is 26.1. The molecule has 1 aromatic heterocycles. The quantitative estimate of drug-likeness (QED) is 0.444. The smallest absolute Gasteiger partial charge is 0.238 e. The number of hydrogen-bond donors (Lipinski definition) is 1. The molecule has 0 radical (unpaired) electrons. The normalized spacial score (nSPS) is 11.5. The molecule has 7 heteroatoms. The Kier molecular flexibility index (Phi) is 5.53. The lowest BCUT2D eigenvalue weighted by Gasteiger charge is -2.09. The Labute approximate surface area is 173 Å². The third-order valence-electron chi connectivity index (χ3n) is 4.39. The van der Waals surface area contributed by atoms with Crippen LogP contribution in [0.2, 0.25) is 0 Å². The van der Waals surface area contributed by atoms with Crippen LogP contribution in [0.25, 0.3) is 22.4 Å². The zero-order valence-corrected chi connectivity index (χ0v) is 17.0. The first-order valence-electron chi connectivity index (χ1n) is 8.88. The van der Waals surface area contributed by atoms with Crippen LogP contribution in [0.3, 0.4) is 0 Å². The Balaban J connectivity index is 1.85. The average molecular weight is 423 g/mol. The molecule has 0 atom stereocenters. The highest BCUT2D eigenvalue weighted by Crippen LogP contribution is 2.39. The Morgan fingerprint density at radius 1 is 0.862 bits per heavy atom. The van der Waals surface area contributed by atoms with Gasteiger partial charge in [-0.3, -0.25) is 0 Å². The van der Waals surface area contributed by atoms with E-state index >= 15 is 0 Å². The fourth-order valence-corrected chi connectivity index (χ4v) is 4.67. The number of hydrogen-bond acceptors (Lipinski definition) is 5. The molecular formula is C22H18N2O3S2.